The van der Waals surface area contributed by atoms with Crippen LogP contribution in [0.1, 0.15) is 42.6 Å². The molecule has 0 bridgehead atoms. The Labute approximate surface area is 120 Å². The molecule has 0 aromatic heterocycles. The largest absolute Gasteiger partial charge is 0.478 e. The molecule has 1 saturated heterocycles. The second-order valence-electron chi connectivity index (χ2n) is 5.91. The Morgan fingerprint density at radius 2 is 2.05 bits per heavy atom. The van der Waals surface area contributed by atoms with Crippen LogP contribution in [0.25, 0.3) is 0 Å². The van der Waals surface area contributed by atoms with Crippen LogP contribution in [0.5, 0.6) is 0 Å². The number of carboxylic acids is 1. The van der Waals surface area contributed by atoms with Crippen LogP contribution in [0, 0.1) is 5.92 Å². The van der Waals surface area contributed by atoms with Crippen molar-refractivity contribution >= 4 is 5.97 Å². The first kappa shape index (κ1) is 15.0. The number of likely N-dealkylation sites (tertiary alicyclic amines) is 1. The molecule has 2 rings (SSSR count). The quantitative estimate of drug-likeness (QED) is 0.887. The fourth-order valence-electron chi connectivity index (χ4n) is 2.92. The summed E-state index contributed by atoms with van der Waals surface area (Å²) in [4.78, 5) is 13.1. The molecule has 110 valence electrons. The van der Waals surface area contributed by atoms with Gasteiger partial charge in [-0.1, -0.05) is 19.1 Å². The van der Waals surface area contributed by atoms with Gasteiger partial charge < -0.3 is 10.2 Å². The first-order valence-corrected chi connectivity index (χ1v) is 7.21. The number of aromatic carboxylic acids is 1. The van der Waals surface area contributed by atoms with Crippen molar-refractivity contribution in [2.75, 3.05) is 6.54 Å². The number of hydrogen-bond donors (Lipinski definition) is 2. The van der Waals surface area contributed by atoms with E-state index in [9.17, 15) is 9.90 Å². The van der Waals surface area contributed by atoms with Gasteiger partial charge in [0.25, 0.3) is 0 Å². The highest BCUT2D eigenvalue weighted by molar-refractivity contribution is 5.87. The van der Waals surface area contributed by atoms with Crippen LogP contribution in [0.2, 0.25) is 0 Å². The lowest BCUT2D eigenvalue weighted by molar-refractivity contribution is 0.0163. The molecule has 1 heterocycles. The number of benzene rings is 1. The number of carbonyl (C=O) groups is 1. The van der Waals surface area contributed by atoms with E-state index in [0.717, 1.165) is 31.5 Å². The van der Waals surface area contributed by atoms with Gasteiger partial charge in [0.1, 0.15) is 0 Å². The average molecular weight is 277 g/mol. The van der Waals surface area contributed by atoms with Gasteiger partial charge in [0.2, 0.25) is 0 Å². The second-order valence-corrected chi connectivity index (χ2v) is 5.91. The Balaban J connectivity index is 2.05. The molecule has 1 aliphatic heterocycles. The number of rotatable bonds is 4. The van der Waals surface area contributed by atoms with Crippen LogP contribution < -0.4 is 0 Å². The van der Waals surface area contributed by atoms with Crippen LogP contribution in [-0.2, 0) is 6.54 Å². The maximum Gasteiger partial charge on any atom is 0.335 e. The Kier molecular flexibility index (Phi) is 4.78. The van der Waals surface area contributed by atoms with Crippen molar-refractivity contribution in [1.29, 1.82) is 0 Å². The van der Waals surface area contributed by atoms with Crippen LogP contribution in [0.3, 0.4) is 0 Å². The summed E-state index contributed by atoms with van der Waals surface area (Å²) in [6.07, 6.45) is 1.83. The summed E-state index contributed by atoms with van der Waals surface area (Å²) in [5, 5.41) is 18.8. The minimum atomic E-state index is -0.898. The van der Waals surface area contributed by atoms with Crippen molar-refractivity contribution in [2.24, 2.45) is 5.92 Å². The maximum atomic E-state index is 10.8. The standard InChI is InChI=1S/C16H23NO3/c1-11-7-8-17(15(9-11)12(2)18)10-13-3-5-14(6-4-13)16(19)20/h3-6,11-12,15,18H,7-10H2,1-2H3,(H,19,20). The third kappa shape index (κ3) is 3.58. The second kappa shape index (κ2) is 6.37. The molecule has 1 aliphatic rings. The van der Waals surface area contributed by atoms with Gasteiger partial charge in [0.05, 0.1) is 11.7 Å². The number of nitrogens with zero attached hydrogens (tertiary/aromatic N) is 1. The molecule has 0 amide bonds. The molecule has 0 saturated carbocycles. The molecule has 0 aliphatic carbocycles. The van der Waals surface area contributed by atoms with Gasteiger partial charge in [0.15, 0.2) is 0 Å². The van der Waals surface area contributed by atoms with E-state index < -0.39 is 5.97 Å². The Hall–Kier alpha value is -1.39. The van der Waals surface area contributed by atoms with Gasteiger partial charge in [-0.05, 0) is 49.9 Å². The van der Waals surface area contributed by atoms with Crippen molar-refractivity contribution < 1.29 is 15.0 Å². The molecular weight excluding hydrogens is 254 g/mol. The van der Waals surface area contributed by atoms with E-state index in [4.69, 9.17) is 5.11 Å². The summed E-state index contributed by atoms with van der Waals surface area (Å²) < 4.78 is 0. The van der Waals surface area contributed by atoms with Gasteiger partial charge in [0, 0.05) is 12.6 Å². The summed E-state index contributed by atoms with van der Waals surface area (Å²) in [7, 11) is 0. The molecule has 1 aromatic rings. The topological polar surface area (TPSA) is 60.8 Å². The SMILES string of the molecule is CC1CCN(Cc2ccc(C(=O)O)cc2)C(C(C)O)C1. The zero-order valence-corrected chi connectivity index (χ0v) is 12.1. The van der Waals surface area contributed by atoms with Crippen molar-refractivity contribution in [1.82, 2.24) is 4.90 Å². The van der Waals surface area contributed by atoms with Gasteiger partial charge >= 0.3 is 5.97 Å². The molecule has 4 nitrogen and oxygen atoms in total. The zero-order chi connectivity index (χ0) is 14.7. The predicted octanol–water partition coefficient (Wildman–Crippen LogP) is 2.37. The molecule has 3 atom stereocenters. The number of aliphatic hydroxyl groups excluding tert-OH is 1. The van der Waals surface area contributed by atoms with Crippen LogP contribution >= 0.6 is 0 Å². The first-order valence-electron chi connectivity index (χ1n) is 7.21. The summed E-state index contributed by atoms with van der Waals surface area (Å²) in [5.74, 6) is -0.245. The zero-order valence-electron chi connectivity index (χ0n) is 12.1. The van der Waals surface area contributed by atoms with Gasteiger partial charge in [-0.2, -0.15) is 0 Å². The molecule has 0 radical (unpaired) electrons. The van der Waals surface area contributed by atoms with Crippen LogP contribution in [0.15, 0.2) is 24.3 Å². The monoisotopic (exact) mass is 277 g/mol. The van der Waals surface area contributed by atoms with E-state index >= 15 is 0 Å². The Morgan fingerprint density at radius 1 is 1.40 bits per heavy atom. The highest BCUT2D eigenvalue weighted by Gasteiger charge is 2.29. The van der Waals surface area contributed by atoms with E-state index in [1.807, 2.05) is 19.1 Å². The smallest absolute Gasteiger partial charge is 0.335 e. The summed E-state index contributed by atoms with van der Waals surface area (Å²) >= 11 is 0. The molecule has 1 fully saturated rings. The first-order chi connectivity index (χ1) is 9.47. The third-order valence-electron chi connectivity index (χ3n) is 4.17. The van der Waals surface area contributed by atoms with Crippen molar-refractivity contribution in [3.63, 3.8) is 0 Å². The fraction of sp³-hybridized carbons (Fsp3) is 0.562. The summed E-state index contributed by atoms with van der Waals surface area (Å²) in [6.45, 7) is 5.83. The lowest BCUT2D eigenvalue weighted by Crippen LogP contribution is -2.47. The van der Waals surface area contributed by atoms with E-state index in [-0.39, 0.29) is 12.1 Å². The van der Waals surface area contributed by atoms with Crippen LogP contribution in [0.4, 0.5) is 0 Å². The number of aliphatic hydroxyl groups is 1. The number of piperidine rings is 1. The lowest BCUT2D eigenvalue weighted by atomic mass is 9.89. The molecule has 20 heavy (non-hydrogen) atoms. The van der Waals surface area contributed by atoms with Crippen molar-refractivity contribution in [3.05, 3.63) is 35.4 Å². The predicted molar refractivity (Wildman–Crippen MR) is 77.7 cm³/mol. The number of carboxylic acid groups (broad SMARTS) is 1. The maximum absolute atomic E-state index is 10.8. The Morgan fingerprint density at radius 3 is 2.60 bits per heavy atom. The van der Waals surface area contributed by atoms with E-state index in [0.29, 0.717) is 11.5 Å². The highest BCUT2D eigenvalue weighted by Crippen LogP contribution is 2.26. The minimum absolute atomic E-state index is 0.193. The van der Waals surface area contributed by atoms with Crippen LogP contribution in [-0.4, -0.2) is 39.8 Å². The minimum Gasteiger partial charge on any atom is -0.478 e. The fourth-order valence-corrected chi connectivity index (χ4v) is 2.92. The lowest BCUT2D eigenvalue weighted by Gasteiger charge is -2.40. The Bertz CT molecular complexity index is 455. The van der Waals surface area contributed by atoms with E-state index in [2.05, 4.69) is 11.8 Å². The summed E-state index contributed by atoms with van der Waals surface area (Å²) in [6, 6.07) is 7.20. The van der Waals surface area contributed by atoms with Crippen molar-refractivity contribution in [2.45, 2.75) is 45.4 Å². The molecule has 4 heteroatoms. The molecule has 3 unspecified atom stereocenters. The number of hydrogen-bond acceptors (Lipinski definition) is 3. The van der Waals surface area contributed by atoms with E-state index in [1.54, 1.807) is 12.1 Å². The molecule has 2 N–H and O–H groups in total. The van der Waals surface area contributed by atoms with Gasteiger partial charge in [-0.15, -0.1) is 0 Å². The van der Waals surface area contributed by atoms with Gasteiger partial charge in [-0.3, -0.25) is 4.90 Å². The van der Waals surface area contributed by atoms with E-state index in [1.165, 1.54) is 0 Å². The van der Waals surface area contributed by atoms with Crippen molar-refractivity contribution in [3.8, 4) is 0 Å². The third-order valence-corrected chi connectivity index (χ3v) is 4.17. The highest BCUT2D eigenvalue weighted by atomic mass is 16.4. The summed E-state index contributed by atoms with van der Waals surface area (Å²) in [5.41, 5.74) is 1.41. The molecule has 1 aromatic carbocycles. The average Bonchev–Trinajstić information content (AvgIpc) is 2.41. The molecule has 0 spiro atoms. The molecular formula is C16H23NO3. The normalized spacial score (nSPS) is 25.4. The van der Waals surface area contributed by atoms with Gasteiger partial charge in [-0.25, -0.2) is 4.79 Å².